The summed E-state index contributed by atoms with van der Waals surface area (Å²) < 4.78 is 4.97. The molecule has 98 valence electrons. The molecule has 18 heavy (non-hydrogen) atoms. The van der Waals surface area contributed by atoms with Crippen molar-refractivity contribution in [1.29, 1.82) is 0 Å². The number of aromatic carboxylic acids is 1. The first-order valence-corrected chi connectivity index (χ1v) is 6.38. The van der Waals surface area contributed by atoms with Crippen molar-refractivity contribution in [3.05, 3.63) is 17.5 Å². The van der Waals surface area contributed by atoms with Gasteiger partial charge in [-0.25, -0.2) is 4.79 Å². The molecule has 6 heteroatoms. The monoisotopic (exact) mass is 251 g/mol. The molecule has 1 aromatic heterocycles. The van der Waals surface area contributed by atoms with Crippen LogP contribution in [0, 0.1) is 0 Å². The van der Waals surface area contributed by atoms with Gasteiger partial charge in [-0.05, 0) is 19.3 Å². The van der Waals surface area contributed by atoms with Crippen molar-refractivity contribution in [2.75, 3.05) is 13.1 Å². The number of likely N-dealkylation sites (tertiary alicyclic amines) is 1. The number of rotatable bonds is 5. The van der Waals surface area contributed by atoms with E-state index in [2.05, 4.69) is 15.4 Å². The summed E-state index contributed by atoms with van der Waals surface area (Å²) in [6.45, 7) is 2.80. The van der Waals surface area contributed by atoms with E-state index in [4.69, 9.17) is 9.63 Å². The van der Waals surface area contributed by atoms with Crippen LogP contribution >= 0.6 is 0 Å². The van der Waals surface area contributed by atoms with Gasteiger partial charge in [0.25, 0.3) is 0 Å². The molecule has 1 unspecified atom stereocenters. The topological polar surface area (TPSA) is 78.6 Å². The van der Waals surface area contributed by atoms with Crippen LogP contribution in [-0.2, 0) is 6.54 Å². The van der Waals surface area contributed by atoms with Crippen LogP contribution in [0.2, 0.25) is 0 Å². The minimum atomic E-state index is -1.05. The Morgan fingerprint density at radius 2 is 2.39 bits per heavy atom. The smallest absolute Gasteiger partial charge is 0.358 e. The van der Waals surface area contributed by atoms with Crippen molar-refractivity contribution in [1.82, 2.24) is 15.4 Å². The molecule has 1 aliphatic heterocycles. The average Bonchev–Trinajstić information content (AvgIpc) is 2.92. The lowest BCUT2D eigenvalue weighted by atomic mass is 10.2. The summed E-state index contributed by atoms with van der Waals surface area (Å²) in [5.74, 6) is -0.469. The Morgan fingerprint density at radius 3 is 3.06 bits per heavy atom. The molecular weight excluding hydrogens is 234 g/mol. The molecule has 2 N–H and O–H groups in total. The number of aromatic nitrogens is 1. The Balaban J connectivity index is 1.47. The normalized spacial score (nSPS) is 24.6. The molecule has 2 fully saturated rings. The fourth-order valence-electron chi connectivity index (χ4n) is 2.47. The van der Waals surface area contributed by atoms with E-state index < -0.39 is 5.97 Å². The Labute approximate surface area is 105 Å². The van der Waals surface area contributed by atoms with Gasteiger partial charge in [0.15, 0.2) is 11.5 Å². The quantitative estimate of drug-likeness (QED) is 0.802. The van der Waals surface area contributed by atoms with Crippen molar-refractivity contribution in [3.8, 4) is 0 Å². The number of carboxylic acids is 1. The maximum Gasteiger partial charge on any atom is 0.358 e. The molecular formula is C12H17N3O3. The van der Waals surface area contributed by atoms with Crippen molar-refractivity contribution in [2.24, 2.45) is 0 Å². The molecule has 6 nitrogen and oxygen atoms in total. The molecule has 0 spiro atoms. The van der Waals surface area contributed by atoms with Crippen LogP contribution < -0.4 is 5.32 Å². The minimum absolute atomic E-state index is 0.0298. The van der Waals surface area contributed by atoms with Gasteiger partial charge in [-0.3, -0.25) is 4.90 Å². The van der Waals surface area contributed by atoms with Gasteiger partial charge < -0.3 is 14.9 Å². The summed E-state index contributed by atoms with van der Waals surface area (Å²) in [6.07, 6.45) is 3.84. The van der Waals surface area contributed by atoms with E-state index in [0.717, 1.165) is 19.0 Å². The van der Waals surface area contributed by atoms with E-state index in [-0.39, 0.29) is 5.69 Å². The van der Waals surface area contributed by atoms with E-state index in [9.17, 15) is 4.79 Å². The standard InChI is InChI=1S/C12H17N3O3/c16-12(17)11-5-10(18-14-11)6-13-8-3-4-15(7-8)9-1-2-9/h5,8-9,13H,1-4,6-7H2,(H,16,17). The molecule has 0 bridgehead atoms. The second kappa shape index (κ2) is 4.70. The molecule has 1 aliphatic carbocycles. The van der Waals surface area contributed by atoms with Crippen LogP contribution in [0.5, 0.6) is 0 Å². The lowest BCUT2D eigenvalue weighted by Crippen LogP contribution is -2.32. The van der Waals surface area contributed by atoms with E-state index >= 15 is 0 Å². The van der Waals surface area contributed by atoms with Crippen LogP contribution in [0.25, 0.3) is 0 Å². The summed E-state index contributed by atoms with van der Waals surface area (Å²) in [4.78, 5) is 13.2. The van der Waals surface area contributed by atoms with E-state index in [1.165, 1.54) is 25.5 Å². The highest BCUT2D eigenvalue weighted by atomic mass is 16.5. The third-order valence-electron chi connectivity index (χ3n) is 3.63. The molecule has 2 aliphatic rings. The molecule has 3 rings (SSSR count). The van der Waals surface area contributed by atoms with E-state index in [0.29, 0.717) is 18.3 Å². The van der Waals surface area contributed by atoms with Crippen molar-refractivity contribution >= 4 is 5.97 Å². The molecule has 2 heterocycles. The Hall–Kier alpha value is -1.40. The number of carbonyl (C=O) groups is 1. The predicted molar refractivity (Wildman–Crippen MR) is 63.3 cm³/mol. The van der Waals surface area contributed by atoms with Gasteiger partial charge in [-0.2, -0.15) is 0 Å². The lowest BCUT2D eigenvalue weighted by molar-refractivity contribution is 0.0685. The summed E-state index contributed by atoms with van der Waals surface area (Å²) >= 11 is 0. The third kappa shape index (κ3) is 2.54. The number of hydrogen-bond acceptors (Lipinski definition) is 5. The van der Waals surface area contributed by atoms with Gasteiger partial charge in [0.2, 0.25) is 0 Å². The molecule has 0 amide bonds. The zero-order valence-corrected chi connectivity index (χ0v) is 10.1. The Bertz CT molecular complexity index is 442. The van der Waals surface area contributed by atoms with Crippen LogP contribution in [0.3, 0.4) is 0 Å². The SMILES string of the molecule is O=C(O)c1cc(CNC2CCN(C3CC3)C2)on1. The number of nitrogens with one attached hydrogen (secondary N) is 1. The van der Waals surface area contributed by atoms with Gasteiger partial charge in [0.1, 0.15) is 0 Å². The third-order valence-corrected chi connectivity index (χ3v) is 3.63. The maximum atomic E-state index is 10.7. The first-order valence-electron chi connectivity index (χ1n) is 6.38. The van der Waals surface area contributed by atoms with Crippen LogP contribution in [-0.4, -0.2) is 46.3 Å². The lowest BCUT2D eigenvalue weighted by Gasteiger charge is -2.14. The van der Waals surface area contributed by atoms with Gasteiger partial charge in [-0.1, -0.05) is 5.16 Å². The van der Waals surface area contributed by atoms with Gasteiger partial charge in [0, 0.05) is 31.2 Å². The second-order valence-electron chi connectivity index (χ2n) is 5.08. The average molecular weight is 251 g/mol. The Morgan fingerprint density at radius 1 is 1.56 bits per heavy atom. The predicted octanol–water partition coefficient (Wildman–Crippen LogP) is 0.699. The van der Waals surface area contributed by atoms with Crippen LogP contribution in [0.4, 0.5) is 0 Å². The molecule has 0 radical (unpaired) electrons. The first-order chi connectivity index (χ1) is 8.72. The zero-order valence-electron chi connectivity index (χ0n) is 10.1. The summed E-state index contributed by atoms with van der Waals surface area (Å²) in [5.41, 5.74) is -0.0298. The molecule has 1 saturated carbocycles. The summed E-state index contributed by atoms with van der Waals surface area (Å²) in [5, 5.41) is 15.6. The largest absolute Gasteiger partial charge is 0.476 e. The molecule has 1 aromatic rings. The fourth-order valence-corrected chi connectivity index (χ4v) is 2.47. The fraction of sp³-hybridized carbons (Fsp3) is 0.667. The van der Waals surface area contributed by atoms with Crippen molar-refractivity contribution < 1.29 is 14.4 Å². The summed E-state index contributed by atoms with van der Waals surface area (Å²) in [6, 6.07) is 2.77. The van der Waals surface area contributed by atoms with Crippen molar-refractivity contribution in [3.63, 3.8) is 0 Å². The van der Waals surface area contributed by atoms with E-state index in [1.54, 1.807) is 0 Å². The highest BCUT2D eigenvalue weighted by Gasteiger charge is 2.34. The van der Waals surface area contributed by atoms with Crippen molar-refractivity contribution in [2.45, 2.75) is 37.9 Å². The second-order valence-corrected chi connectivity index (χ2v) is 5.08. The number of carboxylic acid groups (broad SMARTS) is 1. The van der Waals surface area contributed by atoms with Crippen LogP contribution in [0.15, 0.2) is 10.6 Å². The van der Waals surface area contributed by atoms with E-state index in [1.807, 2.05) is 0 Å². The Kier molecular flexibility index (Phi) is 3.05. The summed E-state index contributed by atoms with van der Waals surface area (Å²) in [7, 11) is 0. The van der Waals surface area contributed by atoms with Gasteiger partial charge in [-0.15, -0.1) is 0 Å². The van der Waals surface area contributed by atoms with Crippen LogP contribution in [0.1, 0.15) is 35.5 Å². The molecule has 0 aromatic carbocycles. The maximum absolute atomic E-state index is 10.7. The highest BCUT2D eigenvalue weighted by molar-refractivity contribution is 5.85. The number of nitrogens with zero attached hydrogens (tertiary/aromatic N) is 2. The first kappa shape index (κ1) is 11.7. The molecule has 1 saturated heterocycles. The zero-order chi connectivity index (χ0) is 12.5. The molecule has 1 atom stereocenters. The highest BCUT2D eigenvalue weighted by Crippen LogP contribution is 2.29. The van der Waals surface area contributed by atoms with Gasteiger partial charge in [0.05, 0.1) is 6.54 Å². The minimum Gasteiger partial charge on any atom is -0.476 e. The van der Waals surface area contributed by atoms with Gasteiger partial charge >= 0.3 is 5.97 Å². The number of hydrogen-bond donors (Lipinski definition) is 2.